The summed E-state index contributed by atoms with van der Waals surface area (Å²) in [5, 5.41) is 4.06. The van der Waals surface area contributed by atoms with Crippen LogP contribution in [0, 0.1) is 6.92 Å². The Morgan fingerprint density at radius 1 is 1.42 bits per heavy atom. The minimum absolute atomic E-state index is 0.0828. The van der Waals surface area contributed by atoms with E-state index in [-0.39, 0.29) is 12.0 Å². The second-order valence-electron chi connectivity index (χ2n) is 6.31. The first kappa shape index (κ1) is 18.5. The van der Waals surface area contributed by atoms with Gasteiger partial charge in [0.2, 0.25) is 5.91 Å². The van der Waals surface area contributed by atoms with Crippen molar-refractivity contribution in [3.8, 4) is 11.3 Å². The Bertz CT molecular complexity index is 759. The largest absolute Gasteiger partial charge is 0.384 e. The Balaban J connectivity index is 1.79. The number of nitrogens with zero attached hydrogens (tertiary/aromatic N) is 3. The van der Waals surface area contributed by atoms with Gasteiger partial charge in [0.05, 0.1) is 48.8 Å². The van der Waals surface area contributed by atoms with Gasteiger partial charge in [-0.2, -0.15) is 0 Å². The molecule has 1 unspecified atom stereocenters. The Hall–Kier alpha value is -2.25. The molecule has 7 nitrogen and oxygen atoms in total. The number of carbonyl (C=O) groups excluding carboxylic acids is 1. The third-order valence-corrected chi connectivity index (χ3v) is 4.55. The van der Waals surface area contributed by atoms with Gasteiger partial charge in [-0.05, 0) is 19.1 Å². The van der Waals surface area contributed by atoms with Gasteiger partial charge in [0.1, 0.15) is 11.9 Å². The molecule has 3 heterocycles. The van der Waals surface area contributed by atoms with Crippen molar-refractivity contribution in [2.75, 3.05) is 33.4 Å². The molecule has 1 amide bonds. The Morgan fingerprint density at radius 3 is 3.04 bits per heavy atom. The maximum atomic E-state index is 12.3. The predicted octanol–water partition coefficient (Wildman–Crippen LogP) is 2.54. The summed E-state index contributed by atoms with van der Waals surface area (Å²) in [6.45, 7) is 5.98. The van der Waals surface area contributed by atoms with Gasteiger partial charge in [-0.1, -0.05) is 18.1 Å². The lowest BCUT2D eigenvalue weighted by Crippen LogP contribution is -2.42. The standard InChI is InChI=1S/C19H25N3O4/c1-4-16-19(13(2)21-26-16)15-7-5-6-14(20-15)17-12-22(9-11-25-17)18(23)8-10-24-3/h5-7,17H,4,8-12H2,1-3H3. The van der Waals surface area contributed by atoms with Crippen LogP contribution in [0.15, 0.2) is 22.7 Å². The minimum Gasteiger partial charge on any atom is -0.384 e. The average molecular weight is 359 g/mol. The van der Waals surface area contributed by atoms with Crippen LogP contribution < -0.4 is 0 Å². The minimum atomic E-state index is -0.236. The topological polar surface area (TPSA) is 77.7 Å². The average Bonchev–Trinajstić information content (AvgIpc) is 3.07. The zero-order valence-electron chi connectivity index (χ0n) is 15.5. The summed E-state index contributed by atoms with van der Waals surface area (Å²) in [7, 11) is 1.60. The van der Waals surface area contributed by atoms with E-state index in [1.807, 2.05) is 36.9 Å². The monoisotopic (exact) mass is 359 g/mol. The van der Waals surface area contributed by atoms with E-state index in [4.69, 9.17) is 19.0 Å². The van der Waals surface area contributed by atoms with E-state index in [9.17, 15) is 4.79 Å². The fourth-order valence-corrected chi connectivity index (χ4v) is 3.16. The smallest absolute Gasteiger partial charge is 0.225 e. The summed E-state index contributed by atoms with van der Waals surface area (Å²) in [6.07, 6.45) is 0.903. The number of morpholine rings is 1. The van der Waals surface area contributed by atoms with Crippen LogP contribution in [0.5, 0.6) is 0 Å². The van der Waals surface area contributed by atoms with E-state index >= 15 is 0 Å². The fourth-order valence-electron chi connectivity index (χ4n) is 3.16. The number of hydrogen-bond acceptors (Lipinski definition) is 6. The fraction of sp³-hybridized carbons (Fsp3) is 0.526. The normalized spacial score (nSPS) is 17.5. The third-order valence-electron chi connectivity index (χ3n) is 4.55. The number of rotatable bonds is 6. The molecule has 0 bridgehead atoms. The maximum Gasteiger partial charge on any atom is 0.225 e. The number of ether oxygens (including phenoxy) is 2. The number of pyridine rings is 1. The molecule has 1 atom stereocenters. The predicted molar refractivity (Wildman–Crippen MR) is 95.6 cm³/mol. The molecule has 1 aliphatic rings. The molecule has 1 saturated heterocycles. The Kier molecular flexibility index (Phi) is 6.00. The molecule has 0 saturated carbocycles. The van der Waals surface area contributed by atoms with Gasteiger partial charge >= 0.3 is 0 Å². The lowest BCUT2D eigenvalue weighted by atomic mass is 10.1. The molecule has 0 aromatic carbocycles. The molecule has 140 valence electrons. The van der Waals surface area contributed by atoms with E-state index in [2.05, 4.69) is 5.16 Å². The van der Waals surface area contributed by atoms with Gasteiger partial charge in [0, 0.05) is 20.1 Å². The molecule has 26 heavy (non-hydrogen) atoms. The SMILES string of the molecule is CCc1onc(C)c1-c1cccc(C2CN(C(=O)CCOC)CCO2)n1. The number of methoxy groups -OCH3 is 1. The molecule has 2 aromatic rings. The molecule has 0 spiro atoms. The van der Waals surface area contributed by atoms with Crippen LogP contribution in [0.3, 0.4) is 0 Å². The van der Waals surface area contributed by atoms with Crippen molar-refractivity contribution >= 4 is 5.91 Å². The summed E-state index contributed by atoms with van der Waals surface area (Å²) < 4.78 is 16.3. The van der Waals surface area contributed by atoms with Crippen molar-refractivity contribution < 1.29 is 18.8 Å². The van der Waals surface area contributed by atoms with E-state index < -0.39 is 0 Å². The number of hydrogen-bond donors (Lipinski definition) is 0. The molecular formula is C19H25N3O4. The zero-order valence-corrected chi connectivity index (χ0v) is 15.5. The van der Waals surface area contributed by atoms with E-state index in [1.165, 1.54) is 0 Å². The van der Waals surface area contributed by atoms with Crippen molar-refractivity contribution in [3.05, 3.63) is 35.3 Å². The maximum absolute atomic E-state index is 12.3. The van der Waals surface area contributed by atoms with Crippen LogP contribution in [0.1, 0.15) is 36.6 Å². The molecule has 2 aromatic heterocycles. The quantitative estimate of drug-likeness (QED) is 0.789. The highest BCUT2D eigenvalue weighted by Crippen LogP contribution is 2.29. The van der Waals surface area contributed by atoms with Crippen molar-refractivity contribution in [1.82, 2.24) is 15.0 Å². The highest BCUT2D eigenvalue weighted by Gasteiger charge is 2.26. The summed E-state index contributed by atoms with van der Waals surface area (Å²) in [4.78, 5) is 18.9. The molecule has 7 heteroatoms. The highest BCUT2D eigenvalue weighted by molar-refractivity contribution is 5.76. The van der Waals surface area contributed by atoms with Crippen LogP contribution in [0.25, 0.3) is 11.3 Å². The molecule has 0 N–H and O–H groups in total. The number of carbonyl (C=O) groups is 1. The van der Waals surface area contributed by atoms with Gasteiger partial charge in [-0.3, -0.25) is 4.79 Å². The molecule has 3 rings (SSSR count). The summed E-state index contributed by atoms with van der Waals surface area (Å²) in [6, 6.07) is 5.84. The van der Waals surface area contributed by atoms with Crippen LogP contribution in [-0.4, -0.2) is 54.4 Å². The Morgan fingerprint density at radius 2 is 2.27 bits per heavy atom. The van der Waals surface area contributed by atoms with Crippen LogP contribution in [0.2, 0.25) is 0 Å². The lowest BCUT2D eigenvalue weighted by Gasteiger charge is -2.32. The van der Waals surface area contributed by atoms with Crippen LogP contribution >= 0.6 is 0 Å². The van der Waals surface area contributed by atoms with Crippen LogP contribution in [-0.2, 0) is 20.7 Å². The van der Waals surface area contributed by atoms with E-state index in [0.29, 0.717) is 32.7 Å². The number of aryl methyl sites for hydroxylation is 2. The highest BCUT2D eigenvalue weighted by atomic mass is 16.5. The summed E-state index contributed by atoms with van der Waals surface area (Å²) in [5.74, 6) is 0.910. The van der Waals surface area contributed by atoms with E-state index in [1.54, 1.807) is 7.11 Å². The van der Waals surface area contributed by atoms with Crippen LogP contribution in [0.4, 0.5) is 0 Å². The van der Waals surface area contributed by atoms with Gasteiger partial charge in [0.25, 0.3) is 0 Å². The van der Waals surface area contributed by atoms with Gasteiger partial charge < -0.3 is 18.9 Å². The van der Waals surface area contributed by atoms with E-state index in [0.717, 1.165) is 34.8 Å². The molecule has 1 aliphatic heterocycles. The first-order valence-electron chi connectivity index (χ1n) is 8.94. The van der Waals surface area contributed by atoms with Crippen molar-refractivity contribution in [2.45, 2.75) is 32.8 Å². The molecule has 1 fully saturated rings. The second kappa shape index (κ2) is 8.42. The molecule has 0 radical (unpaired) electrons. The summed E-state index contributed by atoms with van der Waals surface area (Å²) >= 11 is 0. The molecule has 0 aliphatic carbocycles. The second-order valence-corrected chi connectivity index (χ2v) is 6.31. The van der Waals surface area contributed by atoms with Crippen molar-refractivity contribution in [3.63, 3.8) is 0 Å². The summed E-state index contributed by atoms with van der Waals surface area (Å²) in [5.41, 5.74) is 3.41. The number of amides is 1. The van der Waals surface area contributed by atoms with Gasteiger partial charge in [0.15, 0.2) is 0 Å². The first-order chi connectivity index (χ1) is 12.6. The van der Waals surface area contributed by atoms with Gasteiger partial charge in [-0.15, -0.1) is 0 Å². The Labute approximate surface area is 153 Å². The van der Waals surface area contributed by atoms with Crippen molar-refractivity contribution in [1.29, 1.82) is 0 Å². The lowest BCUT2D eigenvalue weighted by molar-refractivity contribution is -0.140. The third kappa shape index (κ3) is 3.94. The molecular weight excluding hydrogens is 334 g/mol. The zero-order chi connectivity index (χ0) is 18.5. The first-order valence-corrected chi connectivity index (χ1v) is 8.94. The van der Waals surface area contributed by atoms with Gasteiger partial charge in [-0.25, -0.2) is 4.98 Å². The number of aromatic nitrogens is 2. The van der Waals surface area contributed by atoms with Crippen molar-refractivity contribution in [2.24, 2.45) is 0 Å².